The van der Waals surface area contributed by atoms with Crippen LogP contribution in [0.25, 0.3) is 0 Å². The van der Waals surface area contributed by atoms with E-state index in [-0.39, 0.29) is 5.69 Å². The second-order valence-electron chi connectivity index (χ2n) is 3.68. The van der Waals surface area contributed by atoms with Gasteiger partial charge in [-0.15, -0.1) is 0 Å². The molecule has 1 aromatic carbocycles. The largest absolute Gasteiger partial charge is 0.396 e. The number of hydrogen-bond acceptors (Lipinski definition) is 5. The van der Waals surface area contributed by atoms with E-state index in [1.54, 1.807) is 30.3 Å². The highest BCUT2D eigenvalue weighted by molar-refractivity contribution is 9.10. The molecule has 0 radical (unpaired) electrons. The van der Waals surface area contributed by atoms with Crippen molar-refractivity contribution in [3.8, 4) is 12.1 Å². The zero-order valence-corrected chi connectivity index (χ0v) is 11.3. The Morgan fingerprint density at radius 3 is 2.58 bits per heavy atom. The molecule has 0 aliphatic rings. The van der Waals surface area contributed by atoms with Gasteiger partial charge in [0.25, 0.3) is 0 Å². The van der Waals surface area contributed by atoms with Crippen molar-refractivity contribution in [2.45, 2.75) is 0 Å². The summed E-state index contributed by atoms with van der Waals surface area (Å²) in [5, 5.41) is 20.7. The summed E-state index contributed by atoms with van der Waals surface area (Å²) in [7, 11) is 0. The molecule has 2 rings (SSSR count). The van der Waals surface area contributed by atoms with E-state index in [4.69, 9.17) is 16.3 Å². The van der Waals surface area contributed by atoms with E-state index in [1.807, 2.05) is 6.07 Å². The molecule has 5 nitrogen and oxygen atoms in total. The topological polar surface area (TPSA) is 98.5 Å². The molecule has 0 saturated heterocycles. The van der Waals surface area contributed by atoms with Crippen LogP contribution in [0.15, 0.2) is 34.8 Å². The number of rotatable bonds is 2. The van der Waals surface area contributed by atoms with E-state index in [2.05, 4.69) is 32.3 Å². The lowest BCUT2D eigenvalue weighted by Crippen LogP contribution is -1.99. The first-order chi connectivity index (χ1) is 9.13. The second-order valence-corrected chi connectivity index (χ2v) is 4.53. The number of nitrogens with one attached hydrogen (secondary N) is 1. The average Bonchev–Trinajstić information content (AvgIpc) is 2.43. The Morgan fingerprint density at radius 1 is 1.16 bits per heavy atom. The molecule has 0 saturated carbocycles. The molecule has 1 heterocycles. The Bertz CT molecular complexity index is 712. The summed E-state index contributed by atoms with van der Waals surface area (Å²) in [6.45, 7) is 0. The average molecular weight is 314 g/mol. The summed E-state index contributed by atoms with van der Waals surface area (Å²) in [4.78, 5) is 4.09. The zero-order chi connectivity index (χ0) is 13.8. The van der Waals surface area contributed by atoms with E-state index < -0.39 is 0 Å². The number of pyridine rings is 1. The lowest BCUT2D eigenvalue weighted by molar-refractivity contribution is 1.26. The van der Waals surface area contributed by atoms with E-state index in [1.165, 1.54) is 0 Å². The molecule has 6 heteroatoms. The Hall–Kier alpha value is -2.57. The highest BCUT2D eigenvalue weighted by Gasteiger charge is 2.05. The minimum Gasteiger partial charge on any atom is -0.396 e. The standard InChI is InChI=1S/C13H8BrN5/c14-9-5-8(6-15)1-3-11(9)18-13-4-2-10(17)12(7-16)19-13/h1-5H,17H2,(H,18,19). The number of benzene rings is 1. The van der Waals surface area contributed by atoms with Gasteiger partial charge in [0.1, 0.15) is 11.9 Å². The van der Waals surface area contributed by atoms with E-state index in [0.29, 0.717) is 17.1 Å². The van der Waals surface area contributed by atoms with Crippen molar-refractivity contribution in [2.75, 3.05) is 11.1 Å². The first-order valence-corrected chi connectivity index (χ1v) is 6.06. The van der Waals surface area contributed by atoms with Gasteiger partial charge in [0.05, 0.1) is 23.0 Å². The number of nitriles is 2. The number of aromatic nitrogens is 1. The maximum atomic E-state index is 8.87. The molecule has 1 aromatic heterocycles. The third-order valence-electron chi connectivity index (χ3n) is 2.39. The van der Waals surface area contributed by atoms with Crippen molar-refractivity contribution in [3.05, 3.63) is 46.1 Å². The normalized spacial score (nSPS) is 9.42. The fraction of sp³-hybridized carbons (Fsp3) is 0. The number of halogens is 1. The lowest BCUT2D eigenvalue weighted by atomic mass is 10.2. The van der Waals surface area contributed by atoms with Crippen LogP contribution in [0, 0.1) is 22.7 Å². The fourth-order valence-corrected chi connectivity index (χ4v) is 1.93. The summed E-state index contributed by atoms with van der Waals surface area (Å²) in [5.41, 5.74) is 7.42. The molecule has 0 aliphatic carbocycles. The van der Waals surface area contributed by atoms with Gasteiger partial charge in [-0.2, -0.15) is 10.5 Å². The molecule has 0 atom stereocenters. The van der Waals surface area contributed by atoms with Crippen LogP contribution in [-0.2, 0) is 0 Å². The number of nitrogens with two attached hydrogens (primary N) is 1. The highest BCUT2D eigenvalue weighted by Crippen LogP contribution is 2.26. The molecule has 0 aliphatic heterocycles. The van der Waals surface area contributed by atoms with Gasteiger partial charge >= 0.3 is 0 Å². The third kappa shape index (κ3) is 2.82. The molecule has 3 N–H and O–H groups in total. The highest BCUT2D eigenvalue weighted by atomic mass is 79.9. The molecule has 92 valence electrons. The molecule has 0 unspecified atom stereocenters. The molecule has 0 bridgehead atoms. The number of nitrogens with zero attached hydrogens (tertiary/aromatic N) is 3. The maximum absolute atomic E-state index is 8.87. The monoisotopic (exact) mass is 313 g/mol. The van der Waals surface area contributed by atoms with Crippen LogP contribution in [0.3, 0.4) is 0 Å². The molecule has 0 fully saturated rings. The van der Waals surface area contributed by atoms with E-state index >= 15 is 0 Å². The zero-order valence-electron chi connectivity index (χ0n) is 9.68. The van der Waals surface area contributed by atoms with Gasteiger partial charge in [-0.25, -0.2) is 4.98 Å². The van der Waals surface area contributed by atoms with Crippen molar-refractivity contribution in [1.29, 1.82) is 10.5 Å². The fourth-order valence-electron chi connectivity index (χ4n) is 1.45. The van der Waals surface area contributed by atoms with Crippen LogP contribution < -0.4 is 11.1 Å². The van der Waals surface area contributed by atoms with Gasteiger partial charge in [-0.1, -0.05) is 0 Å². The van der Waals surface area contributed by atoms with Gasteiger partial charge < -0.3 is 11.1 Å². The number of anilines is 3. The van der Waals surface area contributed by atoms with Crippen LogP contribution in [0.1, 0.15) is 11.3 Å². The predicted molar refractivity (Wildman–Crippen MR) is 75.5 cm³/mol. The van der Waals surface area contributed by atoms with Crippen molar-refractivity contribution in [2.24, 2.45) is 0 Å². The van der Waals surface area contributed by atoms with Gasteiger partial charge in [0.2, 0.25) is 0 Å². The van der Waals surface area contributed by atoms with Crippen LogP contribution in [0.2, 0.25) is 0 Å². The summed E-state index contributed by atoms with van der Waals surface area (Å²) in [6, 6.07) is 12.4. The lowest BCUT2D eigenvalue weighted by Gasteiger charge is -2.08. The Morgan fingerprint density at radius 2 is 1.95 bits per heavy atom. The number of nitrogen functional groups attached to an aromatic ring is 1. The summed E-state index contributed by atoms with van der Waals surface area (Å²) < 4.78 is 0.740. The van der Waals surface area contributed by atoms with Crippen LogP contribution in [0.5, 0.6) is 0 Å². The summed E-state index contributed by atoms with van der Waals surface area (Å²) in [5.74, 6) is 0.510. The molecular weight excluding hydrogens is 306 g/mol. The van der Waals surface area contributed by atoms with Gasteiger partial charge in [0, 0.05) is 4.47 Å². The summed E-state index contributed by atoms with van der Waals surface area (Å²) in [6.07, 6.45) is 0. The van der Waals surface area contributed by atoms with E-state index in [9.17, 15) is 0 Å². The molecule has 0 spiro atoms. The Balaban J connectivity index is 2.32. The van der Waals surface area contributed by atoms with Crippen LogP contribution in [-0.4, -0.2) is 4.98 Å². The molecule has 0 amide bonds. The first-order valence-electron chi connectivity index (χ1n) is 5.27. The Kier molecular flexibility index (Phi) is 3.65. The molecule has 2 aromatic rings. The maximum Gasteiger partial charge on any atom is 0.165 e. The van der Waals surface area contributed by atoms with Crippen LogP contribution >= 0.6 is 15.9 Å². The smallest absolute Gasteiger partial charge is 0.165 e. The van der Waals surface area contributed by atoms with Crippen molar-refractivity contribution in [1.82, 2.24) is 4.98 Å². The van der Waals surface area contributed by atoms with Gasteiger partial charge in [0.15, 0.2) is 5.69 Å². The van der Waals surface area contributed by atoms with Gasteiger partial charge in [-0.05, 0) is 46.3 Å². The molecular formula is C13H8BrN5. The number of hydrogen-bond donors (Lipinski definition) is 2. The predicted octanol–water partition coefficient (Wildman–Crippen LogP) is 2.91. The SMILES string of the molecule is N#Cc1ccc(Nc2ccc(N)c(C#N)n2)c(Br)c1. The van der Waals surface area contributed by atoms with Crippen molar-refractivity contribution < 1.29 is 0 Å². The van der Waals surface area contributed by atoms with Gasteiger partial charge in [-0.3, -0.25) is 0 Å². The van der Waals surface area contributed by atoms with E-state index in [0.717, 1.165) is 10.2 Å². The summed E-state index contributed by atoms with van der Waals surface area (Å²) >= 11 is 3.36. The quantitative estimate of drug-likeness (QED) is 0.888. The third-order valence-corrected chi connectivity index (χ3v) is 3.05. The van der Waals surface area contributed by atoms with Crippen molar-refractivity contribution in [3.63, 3.8) is 0 Å². The Labute approximate surface area is 118 Å². The first kappa shape index (κ1) is 12.9. The second kappa shape index (κ2) is 5.38. The van der Waals surface area contributed by atoms with Crippen molar-refractivity contribution >= 4 is 33.1 Å². The van der Waals surface area contributed by atoms with Crippen LogP contribution in [0.4, 0.5) is 17.2 Å². The molecule has 19 heavy (non-hydrogen) atoms. The minimum absolute atomic E-state index is 0.176. The minimum atomic E-state index is 0.176.